The van der Waals surface area contributed by atoms with Crippen molar-refractivity contribution in [3.63, 3.8) is 0 Å². The quantitative estimate of drug-likeness (QED) is 0.334. The molecule has 0 aliphatic carbocycles. The van der Waals surface area contributed by atoms with Gasteiger partial charge in [0.15, 0.2) is 5.16 Å². The van der Waals surface area contributed by atoms with Gasteiger partial charge in [0.25, 0.3) is 5.56 Å². The van der Waals surface area contributed by atoms with E-state index in [9.17, 15) is 9.59 Å². The number of aromatic nitrogens is 2. The fourth-order valence-corrected chi connectivity index (χ4v) is 3.90. The molecular weight excluding hydrogens is 374 g/mol. The number of nitrogens with zero attached hydrogens (tertiary/aromatic N) is 1. The molecule has 7 heteroatoms. The summed E-state index contributed by atoms with van der Waals surface area (Å²) in [6, 6.07) is 7.79. The molecule has 0 saturated carbocycles. The average molecular weight is 398 g/mol. The number of esters is 1. The largest absolute Gasteiger partial charge is 0.463 e. The number of thioether (sulfide) groups is 1. The monoisotopic (exact) mass is 397 g/mol. The predicted molar refractivity (Wildman–Crippen MR) is 112 cm³/mol. The SMILES string of the molecule is C=CCSc1nc2c(c(=O)[nH]1)C(c1cccc(C)c1)C(C(=O)OCC)=C(C)N2. The lowest BCUT2D eigenvalue weighted by Gasteiger charge is -2.29. The maximum Gasteiger partial charge on any atom is 0.336 e. The fourth-order valence-electron chi connectivity index (χ4n) is 3.30. The normalized spacial score (nSPS) is 15.6. The highest BCUT2D eigenvalue weighted by atomic mass is 32.2. The van der Waals surface area contributed by atoms with Crippen molar-refractivity contribution in [1.29, 1.82) is 0 Å². The van der Waals surface area contributed by atoms with Crippen molar-refractivity contribution in [2.45, 2.75) is 31.8 Å². The molecule has 1 aliphatic heterocycles. The van der Waals surface area contributed by atoms with Crippen LogP contribution in [0.5, 0.6) is 0 Å². The molecule has 2 heterocycles. The van der Waals surface area contributed by atoms with Crippen molar-refractivity contribution >= 4 is 23.5 Å². The molecule has 0 saturated heterocycles. The standard InChI is InChI=1S/C21H23N3O3S/c1-5-10-28-21-23-18-17(19(25)24-21)16(14-9-7-8-12(3)11-14)15(13(4)22-18)20(26)27-6-2/h5,7-9,11,16H,1,6,10H2,2-4H3,(H2,22,23,24,25). The van der Waals surface area contributed by atoms with Crippen LogP contribution in [0.1, 0.15) is 36.5 Å². The molecule has 3 rings (SSSR count). The molecule has 1 aliphatic rings. The minimum Gasteiger partial charge on any atom is -0.463 e. The van der Waals surface area contributed by atoms with Gasteiger partial charge in [-0.3, -0.25) is 4.79 Å². The van der Waals surface area contributed by atoms with Crippen molar-refractivity contribution in [2.24, 2.45) is 0 Å². The second kappa shape index (κ2) is 8.48. The first kappa shape index (κ1) is 19.9. The van der Waals surface area contributed by atoms with Crippen LogP contribution in [-0.4, -0.2) is 28.3 Å². The molecule has 0 radical (unpaired) electrons. The minimum atomic E-state index is -0.551. The van der Waals surface area contributed by atoms with Gasteiger partial charge >= 0.3 is 5.97 Å². The molecule has 146 valence electrons. The number of rotatable bonds is 6. The van der Waals surface area contributed by atoms with E-state index in [1.54, 1.807) is 19.9 Å². The Balaban J connectivity index is 2.21. The smallest absolute Gasteiger partial charge is 0.336 e. The third-order valence-electron chi connectivity index (χ3n) is 4.43. The molecule has 0 fully saturated rings. The van der Waals surface area contributed by atoms with Gasteiger partial charge in [0, 0.05) is 11.4 Å². The molecular formula is C21H23N3O3S. The zero-order chi connectivity index (χ0) is 20.3. The third kappa shape index (κ3) is 3.89. The van der Waals surface area contributed by atoms with E-state index in [2.05, 4.69) is 21.9 Å². The Morgan fingerprint density at radius 2 is 2.18 bits per heavy atom. The number of hydrogen-bond donors (Lipinski definition) is 2. The van der Waals surface area contributed by atoms with Crippen LogP contribution < -0.4 is 10.9 Å². The second-order valence-electron chi connectivity index (χ2n) is 6.46. The van der Waals surface area contributed by atoms with E-state index < -0.39 is 11.9 Å². The van der Waals surface area contributed by atoms with E-state index >= 15 is 0 Å². The first-order valence-electron chi connectivity index (χ1n) is 9.05. The molecule has 1 unspecified atom stereocenters. The molecule has 2 aromatic rings. The van der Waals surface area contributed by atoms with Crippen LogP contribution in [-0.2, 0) is 9.53 Å². The number of carbonyl (C=O) groups excluding carboxylic acids is 1. The highest BCUT2D eigenvalue weighted by molar-refractivity contribution is 7.99. The highest BCUT2D eigenvalue weighted by Gasteiger charge is 2.36. The van der Waals surface area contributed by atoms with Gasteiger partial charge in [0.2, 0.25) is 0 Å². The van der Waals surface area contributed by atoms with E-state index in [1.165, 1.54) is 11.8 Å². The number of H-pyrrole nitrogens is 1. The summed E-state index contributed by atoms with van der Waals surface area (Å²) in [5.74, 6) is 0.109. The van der Waals surface area contributed by atoms with Crippen LogP contribution in [0.2, 0.25) is 0 Å². The van der Waals surface area contributed by atoms with Crippen LogP contribution >= 0.6 is 11.8 Å². The maximum atomic E-state index is 13.0. The topological polar surface area (TPSA) is 84.1 Å². The molecule has 28 heavy (non-hydrogen) atoms. The Hall–Kier alpha value is -2.80. The Morgan fingerprint density at radius 1 is 1.39 bits per heavy atom. The van der Waals surface area contributed by atoms with Crippen molar-refractivity contribution in [1.82, 2.24) is 9.97 Å². The van der Waals surface area contributed by atoms with Gasteiger partial charge in [-0.25, -0.2) is 9.78 Å². The van der Waals surface area contributed by atoms with Gasteiger partial charge in [0.1, 0.15) is 5.82 Å². The van der Waals surface area contributed by atoms with E-state index in [-0.39, 0.29) is 12.2 Å². The van der Waals surface area contributed by atoms with Crippen molar-refractivity contribution in [2.75, 3.05) is 17.7 Å². The van der Waals surface area contributed by atoms with Gasteiger partial charge in [-0.2, -0.15) is 0 Å². The number of fused-ring (bicyclic) bond motifs is 1. The molecule has 2 N–H and O–H groups in total. The summed E-state index contributed by atoms with van der Waals surface area (Å²) in [4.78, 5) is 33.1. The Labute approximate surface area is 168 Å². The zero-order valence-electron chi connectivity index (χ0n) is 16.2. The fraction of sp³-hybridized carbons (Fsp3) is 0.286. The second-order valence-corrected chi connectivity index (χ2v) is 7.47. The summed E-state index contributed by atoms with van der Waals surface area (Å²) in [5, 5.41) is 3.64. The van der Waals surface area contributed by atoms with Crippen molar-refractivity contribution < 1.29 is 9.53 Å². The number of anilines is 1. The van der Waals surface area contributed by atoms with E-state index in [1.807, 2.05) is 31.2 Å². The van der Waals surface area contributed by atoms with Gasteiger partial charge in [-0.1, -0.05) is 47.7 Å². The minimum absolute atomic E-state index is 0.259. The number of allylic oxidation sites excluding steroid dienone is 1. The number of benzene rings is 1. The summed E-state index contributed by atoms with van der Waals surface area (Å²) >= 11 is 1.39. The molecule has 1 aromatic heterocycles. The molecule has 1 atom stereocenters. The summed E-state index contributed by atoms with van der Waals surface area (Å²) in [5.41, 5.74) is 3.10. The number of nitrogens with one attached hydrogen (secondary N) is 2. The lowest BCUT2D eigenvalue weighted by atomic mass is 9.82. The average Bonchev–Trinajstić information content (AvgIpc) is 2.65. The summed E-state index contributed by atoms with van der Waals surface area (Å²) in [6.07, 6.45) is 1.75. The van der Waals surface area contributed by atoms with Crippen LogP contribution in [0.4, 0.5) is 5.82 Å². The lowest BCUT2D eigenvalue weighted by Crippen LogP contribution is -2.31. The van der Waals surface area contributed by atoms with Gasteiger partial charge in [-0.05, 0) is 26.3 Å². The summed E-state index contributed by atoms with van der Waals surface area (Å²) < 4.78 is 5.28. The van der Waals surface area contributed by atoms with Crippen molar-refractivity contribution in [3.05, 3.63) is 75.2 Å². The van der Waals surface area contributed by atoms with Crippen LogP contribution in [0, 0.1) is 6.92 Å². The first-order chi connectivity index (χ1) is 13.5. The Bertz CT molecular complexity index is 1010. The van der Waals surface area contributed by atoms with Crippen LogP contribution in [0.25, 0.3) is 0 Å². The van der Waals surface area contributed by atoms with Gasteiger partial charge in [-0.15, -0.1) is 6.58 Å². The molecule has 0 spiro atoms. The van der Waals surface area contributed by atoms with Crippen LogP contribution in [0.15, 0.2) is 58.1 Å². The predicted octanol–water partition coefficient (Wildman–Crippen LogP) is 3.75. The van der Waals surface area contributed by atoms with Gasteiger partial charge < -0.3 is 15.0 Å². The van der Waals surface area contributed by atoms with E-state index in [0.717, 1.165) is 11.1 Å². The van der Waals surface area contributed by atoms with Crippen LogP contribution in [0.3, 0.4) is 0 Å². The zero-order valence-corrected chi connectivity index (χ0v) is 17.0. The van der Waals surface area contributed by atoms with Crippen molar-refractivity contribution in [3.8, 4) is 0 Å². The molecule has 0 amide bonds. The van der Waals surface area contributed by atoms with Gasteiger partial charge in [0.05, 0.1) is 23.7 Å². The van der Waals surface area contributed by atoms with E-state index in [0.29, 0.717) is 33.6 Å². The van der Waals surface area contributed by atoms with E-state index in [4.69, 9.17) is 4.74 Å². The first-order valence-corrected chi connectivity index (χ1v) is 10.0. The summed E-state index contributed by atoms with van der Waals surface area (Å²) in [6.45, 7) is 9.49. The Morgan fingerprint density at radius 3 is 2.86 bits per heavy atom. The lowest BCUT2D eigenvalue weighted by molar-refractivity contribution is -0.138. The molecule has 6 nitrogen and oxygen atoms in total. The number of ether oxygens (including phenoxy) is 1. The number of aryl methyl sites for hydroxylation is 1. The number of aromatic amines is 1. The Kier molecular flexibility index (Phi) is 6.04. The number of hydrogen-bond acceptors (Lipinski definition) is 6. The molecule has 0 bridgehead atoms. The maximum absolute atomic E-state index is 13.0. The third-order valence-corrected chi connectivity index (χ3v) is 5.30. The molecule has 1 aromatic carbocycles. The highest BCUT2D eigenvalue weighted by Crippen LogP contribution is 2.40. The number of carbonyl (C=O) groups is 1. The summed E-state index contributed by atoms with van der Waals surface area (Å²) in [7, 11) is 0.